The second-order valence-electron chi connectivity index (χ2n) is 6.89. The summed E-state index contributed by atoms with van der Waals surface area (Å²) < 4.78 is 0. The first-order chi connectivity index (χ1) is 9.86. The van der Waals surface area contributed by atoms with Crippen LogP contribution in [0.15, 0.2) is 36.9 Å². The molecule has 0 heteroatoms. The highest BCUT2D eigenvalue weighted by Gasteiger charge is 2.22. The molecule has 0 N–H and O–H groups in total. The van der Waals surface area contributed by atoms with Crippen LogP contribution in [0.2, 0.25) is 0 Å². The second-order valence-corrected chi connectivity index (χ2v) is 6.89. The molecule has 1 aromatic carbocycles. The van der Waals surface area contributed by atoms with Crippen LogP contribution in [0.25, 0.3) is 0 Å². The van der Waals surface area contributed by atoms with E-state index in [0.717, 1.165) is 17.8 Å². The molecule has 0 radical (unpaired) electrons. The molecule has 0 nitrogen and oxygen atoms in total. The van der Waals surface area contributed by atoms with Gasteiger partial charge in [0.15, 0.2) is 0 Å². The average molecular weight is 268 g/mol. The normalized spacial score (nSPS) is 27.6. The van der Waals surface area contributed by atoms with Crippen molar-refractivity contribution in [3.05, 3.63) is 48.0 Å². The smallest absolute Gasteiger partial charge is 0.0162 e. The molecule has 108 valence electrons. The molecule has 2 aliphatic carbocycles. The number of allylic oxidation sites excluding steroid dienone is 1. The number of rotatable bonds is 4. The molecule has 0 heterocycles. The lowest BCUT2D eigenvalue weighted by Gasteiger charge is -2.28. The largest absolute Gasteiger partial charge is 0.103 e. The Hall–Kier alpha value is -1.04. The van der Waals surface area contributed by atoms with E-state index in [1.807, 2.05) is 0 Å². The van der Waals surface area contributed by atoms with Crippen LogP contribution in [0.5, 0.6) is 0 Å². The van der Waals surface area contributed by atoms with Crippen LogP contribution < -0.4 is 0 Å². The Balaban J connectivity index is 1.59. The predicted molar refractivity (Wildman–Crippen MR) is 87.2 cm³/mol. The van der Waals surface area contributed by atoms with Gasteiger partial charge in [0.2, 0.25) is 0 Å². The van der Waals surface area contributed by atoms with Crippen molar-refractivity contribution >= 4 is 0 Å². The van der Waals surface area contributed by atoms with E-state index in [1.54, 1.807) is 11.1 Å². The summed E-state index contributed by atoms with van der Waals surface area (Å²) in [6.07, 6.45) is 14.5. The third kappa shape index (κ3) is 3.16. The van der Waals surface area contributed by atoms with Crippen LogP contribution in [0.3, 0.4) is 0 Å². The van der Waals surface area contributed by atoms with E-state index in [1.165, 1.54) is 57.8 Å². The summed E-state index contributed by atoms with van der Waals surface area (Å²) in [6.45, 7) is 3.88. The Bertz CT molecular complexity index is 414. The first kappa shape index (κ1) is 13.9. The van der Waals surface area contributed by atoms with Crippen molar-refractivity contribution < 1.29 is 0 Å². The van der Waals surface area contributed by atoms with Gasteiger partial charge in [-0.05, 0) is 73.8 Å². The minimum Gasteiger partial charge on any atom is -0.103 e. The van der Waals surface area contributed by atoms with Crippen molar-refractivity contribution in [2.75, 3.05) is 0 Å². The molecule has 0 atom stereocenters. The lowest BCUT2D eigenvalue weighted by Crippen LogP contribution is -2.12. The van der Waals surface area contributed by atoms with Crippen LogP contribution >= 0.6 is 0 Å². The van der Waals surface area contributed by atoms with Crippen molar-refractivity contribution in [2.24, 2.45) is 5.92 Å². The fourth-order valence-corrected chi connectivity index (χ4v) is 4.27. The van der Waals surface area contributed by atoms with Gasteiger partial charge in [-0.15, -0.1) is 6.58 Å². The third-order valence-electron chi connectivity index (χ3n) is 5.58. The van der Waals surface area contributed by atoms with Gasteiger partial charge < -0.3 is 0 Å². The van der Waals surface area contributed by atoms with Gasteiger partial charge in [0.05, 0.1) is 0 Å². The number of hydrogen-bond acceptors (Lipinski definition) is 0. The minimum absolute atomic E-state index is 0.814. The molecule has 1 aromatic rings. The van der Waals surface area contributed by atoms with Crippen molar-refractivity contribution in [3.63, 3.8) is 0 Å². The van der Waals surface area contributed by atoms with E-state index in [-0.39, 0.29) is 0 Å². The minimum atomic E-state index is 0.814. The molecule has 2 fully saturated rings. The van der Waals surface area contributed by atoms with Gasteiger partial charge >= 0.3 is 0 Å². The van der Waals surface area contributed by atoms with E-state index in [0.29, 0.717) is 0 Å². The zero-order chi connectivity index (χ0) is 13.8. The van der Waals surface area contributed by atoms with E-state index < -0.39 is 0 Å². The van der Waals surface area contributed by atoms with Gasteiger partial charge in [0.25, 0.3) is 0 Å². The highest BCUT2D eigenvalue weighted by atomic mass is 14.3. The zero-order valence-corrected chi connectivity index (χ0v) is 12.7. The van der Waals surface area contributed by atoms with E-state index in [4.69, 9.17) is 0 Å². The highest BCUT2D eigenvalue weighted by Crippen LogP contribution is 2.39. The Morgan fingerprint density at radius 2 is 1.30 bits per heavy atom. The molecule has 3 rings (SSSR count). The zero-order valence-electron chi connectivity index (χ0n) is 12.7. The monoisotopic (exact) mass is 268 g/mol. The maximum absolute atomic E-state index is 3.88. The Labute approximate surface area is 124 Å². The van der Waals surface area contributed by atoms with Crippen LogP contribution in [-0.4, -0.2) is 0 Å². The first-order valence-corrected chi connectivity index (χ1v) is 8.57. The summed E-state index contributed by atoms with van der Waals surface area (Å²) in [4.78, 5) is 0. The predicted octanol–water partition coefficient (Wildman–Crippen LogP) is 6.19. The SMILES string of the molecule is C=CCC1CCC(c2ccc(C3CCCC3)cc2)CC1. The topological polar surface area (TPSA) is 0 Å². The number of benzene rings is 1. The lowest BCUT2D eigenvalue weighted by atomic mass is 9.77. The van der Waals surface area contributed by atoms with Gasteiger partial charge in [0, 0.05) is 0 Å². The van der Waals surface area contributed by atoms with Crippen molar-refractivity contribution in [1.29, 1.82) is 0 Å². The fourth-order valence-electron chi connectivity index (χ4n) is 4.27. The second kappa shape index (κ2) is 6.61. The van der Waals surface area contributed by atoms with Crippen molar-refractivity contribution in [2.45, 2.75) is 69.6 Å². The van der Waals surface area contributed by atoms with Crippen LogP contribution in [0.4, 0.5) is 0 Å². The Morgan fingerprint density at radius 3 is 1.80 bits per heavy atom. The van der Waals surface area contributed by atoms with Crippen LogP contribution in [-0.2, 0) is 0 Å². The summed E-state index contributed by atoms with van der Waals surface area (Å²) >= 11 is 0. The molecule has 0 spiro atoms. The quantitative estimate of drug-likeness (QED) is 0.571. The average Bonchev–Trinajstić information content (AvgIpc) is 3.03. The summed E-state index contributed by atoms with van der Waals surface area (Å²) in [5.41, 5.74) is 3.18. The summed E-state index contributed by atoms with van der Waals surface area (Å²) in [5.74, 6) is 2.57. The molecule has 0 saturated heterocycles. The van der Waals surface area contributed by atoms with Gasteiger partial charge in [-0.25, -0.2) is 0 Å². The molecular formula is C20H28. The summed E-state index contributed by atoms with van der Waals surface area (Å²) in [5, 5.41) is 0. The van der Waals surface area contributed by atoms with Crippen LogP contribution in [0.1, 0.15) is 80.8 Å². The summed E-state index contributed by atoms with van der Waals surface area (Å²) in [7, 11) is 0. The van der Waals surface area contributed by atoms with Crippen molar-refractivity contribution in [1.82, 2.24) is 0 Å². The van der Waals surface area contributed by atoms with Crippen LogP contribution in [0, 0.1) is 5.92 Å². The van der Waals surface area contributed by atoms with E-state index in [2.05, 4.69) is 36.9 Å². The molecule has 2 saturated carbocycles. The highest BCUT2D eigenvalue weighted by molar-refractivity contribution is 5.28. The van der Waals surface area contributed by atoms with Gasteiger partial charge in [0.1, 0.15) is 0 Å². The molecule has 0 aromatic heterocycles. The molecule has 2 aliphatic rings. The Kier molecular flexibility index (Phi) is 4.60. The molecule has 20 heavy (non-hydrogen) atoms. The molecule has 0 bridgehead atoms. The van der Waals surface area contributed by atoms with Gasteiger partial charge in [-0.3, -0.25) is 0 Å². The third-order valence-corrected chi connectivity index (χ3v) is 5.58. The first-order valence-electron chi connectivity index (χ1n) is 8.57. The van der Waals surface area contributed by atoms with Crippen molar-refractivity contribution in [3.8, 4) is 0 Å². The maximum Gasteiger partial charge on any atom is -0.0162 e. The molecule has 0 aliphatic heterocycles. The van der Waals surface area contributed by atoms with E-state index in [9.17, 15) is 0 Å². The maximum atomic E-state index is 3.88. The molecule has 0 amide bonds. The Morgan fingerprint density at radius 1 is 0.800 bits per heavy atom. The number of hydrogen-bond donors (Lipinski definition) is 0. The van der Waals surface area contributed by atoms with Gasteiger partial charge in [-0.1, -0.05) is 43.2 Å². The van der Waals surface area contributed by atoms with E-state index >= 15 is 0 Å². The lowest BCUT2D eigenvalue weighted by molar-refractivity contribution is 0.328. The van der Waals surface area contributed by atoms with Gasteiger partial charge in [-0.2, -0.15) is 0 Å². The molecular weight excluding hydrogens is 240 g/mol. The fraction of sp³-hybridized carbons (Fsp3) is 0.600. The molecule has 0 unspecified atom stereocenters. The standard InChI is InChI=1S/C20H28/c1-2-5-16-8-10-18(11-9-16)20-14-12-19(13-15-20)17-6-3-4-7-17/h2,12-18H,1,3-11H2. The summed E-state index contributed by atoms with van der Waals surface area (Å²) in [6, 6.07) is 9.68.